The molecule has 0 fully saturated rings. The summed E-state index contributed by atoms with van der Waals surface area (Å²) in [5.41, 5.74) is 1.66. The van der Waals surface area contributed by atoms with Crippen molar-refractivity contribution in [3.8, 4) is 11.5 Å². The molecule has 0 unspecified atom stereocenters. The second-order valence-corrected chi connectivity index (χ2v) is 6.20. The van der Waals surface area contributed by atoms with Gasteiger partial charge in [0.2, 0.25) is 5.90 Å². The molecule has 5 nitrogen and oxygen atoms in total. The molecule has 1 aliphatic rings. The first-order valence-electron chi connectivity index (χ1n) is 7.11. The Morgan fingerprint density at radius 3 is 2.50 bits per heavy atom. The molecule has 0 amide bonds. The Balaban J connectivity index is 1.98. The Morgan fingerprint density at radius 1 is 1.08 bits per heavy atom. The average molecular weight is 435 g/mol. The average Bonchev–Trinajstić information content (AvgIpc) is 2.96. The van der Waals surface area contributed by atoms with E-state index >= 15 is 0 Å². The summed E-state index contributed by atoms with van der Waals surface area (Å²) < 4.78 is 16.9. The molecule has 0 aromatic heterocycles. The lowest BCUT2D eigenvalue weighted by Crippen LogP contribution is -2.05. The molecule has 2 aromatic carbocycles. The molecule has 2 aromatic rings. The van der Waals surface area contributed by atoms with Crippen LogP contribution in [0.15, 0.2) is 53.2 Å². The second kappa shape index (κ2) is 7.04. The molecule has 0 saturated heterocycles. The van der Waals surface area contributed by atoms with Gasteiger partial charge < -0.3 is 14.2 Å². The lowest BCUT2D eigenvalue weighted by Gasteiger charge is -2.07. The van der Waals surface area contributed by atoms with Gasteiger partial charge in [-0.3, -0.25) is 0 Å². The van der Waals surface area contributed by atoms with Gasteiger partial charge in [0, 0.05) is 14.7 Å². The first-order valence-corrected chi connectivity index (χ1v) is 8.19. The van der Waals surface area contributed by atoms with E-state index < -0.39 is 5.97 Å². The highest BCUT2D eigenvalue weighted by molar-refractivity contribution is 14.1. The van der Waals surface area contributed by atoms with Gasteiger partial charge in [0.05, 0.1) is 14.2 Å². The maximum absolute atomic E-state index is 12.1. The third-order valence-electron chi connectivity index (χ3n) is 3.44. The number of cyclic esters (lactones) is 1. The zero-order chi connectivity index (χ0) is 17.1. The molecule has 122 valence electrons. The first-order chi connectivity index (χ1) is 11.6. The van der Waals surface area contributed by atoms with E-state index in [0.29, 0.717) is 23.0 Å². The van der Waals surface area contributed by atoms with Crippen LogP contribution in [0.4, 0.5) is 0 Å². The van der Waals surface area contributed by atoms with Gasteiger partial charge in [-0.05, 0) is 71.1 Å². The summed E-state index contributed by atoms with van der Waals surface area (Å²) >= 11 is 2.21. The minimum Gasteiger partial charge on any atom is -0.497 e. The van der Waals surface area contributed by atoms with Crippen LogP contribution in [0.5, 0.6) is 11.5 Å². The highest BCUT2D eigenvalue weighted by Gasteiger charge is 2.24. The number of carbonyl (C=O) groups is 1. The van der Waals surface area contributed by atoms with Crippen molar-refractivity contribution in [2.24, 2.45) is 4.99 Å². The Bertz CT molecular complexity index is 841. The Morgan fingerprint density at radius 2 is 1.83 bits per heavy atom. The summed E-state index contributed by atoms with van der Waals surface area (Å²) in [7, 11) is 3.15. The van der Waals surface area contributed by atoms with Crippen molar-refractivity contribution in [1.29, 1.82) is 0 Å². The van der Waals surface area contributed by atoms with Gasteiger partial charge in [-0.25, -0.2) is 9.79 Å². The van der Waals surface area contributed by atoms with Crippen LogP contribution < -0.4 is 9.47 Å². The number of esters is 1. The Labute approximate surface area is 153 Å². The minimum atomic E-state index is -0.492. The van der Waals surface area contributed by atoms with Crippen molar-refractivity contribution in [2.75, 3.05) is 14.2 Å². The summed E-state index contributed by atoms with van der Waals surface area (Å²) in [6, 6.07) is 12.9. The number of hydrogen-bond acceptors (Lipinski definition) is 5. The fourth-order valence-electron chi connectivity index (χ4n) is 2.22. The molecule has 1 heterocycles. The summed E-state index contributed by atoms with van der Waals surface area (Å²) in [6.45, 7) is 0. The molecule has 0 spiro atoms. The second-order valence-electron chi connectivity index (χ2n) is 4.95. The predicted molar refractivity (Wildman–Crippen MR) is 99.3 cm³/mol. The molecule has 6 heteroatoms. The fourth-order valence-corrected chi connectivity index (χ4v) is 2.58. The van der Waals surface area contributed by atoms with E-state index in [-0.39, 0.29) is 5.70 Å². The van der Waals surface area contributed by atoms with E-state index in [4.69, 9.17) is 14.2 Å². The van der Waals surface area contributed by atoms with E-state index in [1.54, 1.807) is 38.5 Å². The molecule has 1 aliphatic heterocycles. The van der Waals surface area contributed by atoms with Crippen molar-refractivity contribution >= 4 is 40.5 Å². The standard InChI is InChI=1S/C18H14INO4/c1-22-14-7-8-16(23-2)12(9-14)10-15-18(21)24-17(20-15)11-3-5-13(19)6-4-11/h3-10H,1-2H3/b15-10-. The zero-order valence-corrected chi connectivity index (χ0v) is 15.2. The molecular formula is C18H14INO4. The highest BCUT2D eigenvalue weighted by atomic mass is 127. The lowest BCUT2D eigenvalue weighted by atomic mass is 10.1. The van der Waals surface area contributed by atoms with Crippen LogP contribution in [0.2, 0.25) is 0 Å². The zero-order valence-electron chi connectivity index (χ0n) is 13.1. The van der Waals surface area contributed by atoms with Crippen molar-refractivity contribution < 1.29 is 19.0 Å². The van der Waals surface area contributed by atoms with Gasteiger partial charge in [0.1, 0.15) is 11.5 Å². The number of methoxy groups -OCH3 is 2. The van der Waals surface area contributed by atoms with E-state index in [0.717, 1.165) is 9.13 Å². The van der Waals surface area contributed by atoms with Crippen molar-refractivity contribution in [1.82, 2.24) is 0 Å². The van der Waals surface area contributed by atoms with E-state index in [1.165, 1.54) is 0 Å². The Kier molecular flexibility index (Phi) is 4.84. The van der Waals surface area contributed by atoms with Gasteiger partial charge >= 0.3 is 5.97 Å². The summed E-state index contributed by atoms with van der Waals surface area (Å²) in [5, 5.41) is 0. The summed E-state index contributed by atoms with van der Waals surface area (Å²) in [6.07, 6.45) is 1.63. The molecular weight excluding hydrogens is 421 g/mol. The number of halogens is 1. The molecule has 0 radical (unpaired) electrons. The van der Waals surface area contributed by atoms with Gasteiger partial charge in [0.25, 0.3) is 0 Å². The van der Waals surface area contributed by atoms with Crippen molar-refractivity contribution in [2.45, 2.75) is 0 Å². The van der Waals surface area contributed by atoms with Crippen LogP contribution in [-0.4, -0.2) is 26.1 Å². The normalized spacial score (nSPS) is 15.2. The van der Waals surface area contributed by atoms with E-state index in [1.807, 2.05) is 24.3 Å². The van der Waals surface area contributed by atoms with Crippen LogP contribution >= 0.6 is 22.6 Å². The molecule has 0 aliphatic carbocycles. The van der Waals surface area contributed by atoms with Crippen molar-refractivity contribution in [3.63, 3.8) is 0 Å². The van der Waals surface area contributed by atoms with Crippen LogP contribution in [-0.2, 0) is 9.53 Å². The van der Waals surface area contributed by atoms with E-state index in [2.05, 4.69) is 27.6 Å². The maximum Gasteiger partial charge on any atom is 0.363 e. The smallest absolute Gasteiger partial charge is 0.363 e. The molecule has 0 bridgehead atoms. The largest absolute Gasteiger partial charge is 0.497 e. The molecule has 24 heavy (non-hydrogen) atoms. The molecule has 0 atom stereocenters. The number of benzene rings is 2. The molecule has 3 rings (SSSR count). The summed E-state index contributed by atoms with van der Waals surface area (Å²) in [5.74, 6) is 1.09. The molecule has 0 N–H and O–H groups in total. The summed E-state index contributed by atoms with van der Waals surface area (Å²) in [4.78, 5) is 16.4. The number of nitrogens with zero attached hydrogens (tertiary/aromatic N) is 1. The Hall–Kier alpha value is -2.35. The third-order valence-corrected chi connectivity index (χ3v) is 4.16. The number of rotatable bonds is 4. The van der Waals surface area contributed by atoms with E-state index in [9.17, 15) is 4.79 Å². The maximum atomic E-state index is 12.1. The fraction of sp³-hybridized carbons (Fsp3) is 0.111. The van der Waals surface area contributed by atoms with Gasteiger partial charge in [-0.15, -0.1) is 0 Å². The van der Waals surface area contributed by atoms with Crippen LogP contribution in [0.1, 0.15) is 11.1 Å². The van der Waals surface area contributed by atoms with Crippen LogP contribution in [0.3, 0.4) is 0 Å². The molecule has 0 saturated carbocycles. The SMILES string of the molecule is COc1ccc(OC)c(/C=C2\N=C(c3ccc(I)cc3)OC2=O)c1. The quantitative estimate of drug-likeness (QED) is 0.418. The lowest BCUT2D eigenvalue weighted by molar-refractivity contribution is -0.129. The third kappa shape index (κ3) is 3.43. The van der Waals surface area contributed by atoms with Gasteiger partial charge in [-0.1, -0.05) is 0 Å². The number of ether oxygens (including phenoxy) is 3. The van der Waals surface area contributed by atoms with Crippen molar-refractivity contribution in [3.05, 3.63) is 62.9 Å². The topological polar surface area (TPSA) is 57.1 Å². The minimum absolute atomic E-state index is 0.218. The number of carbonyl (C=O) groups excluding carboxylic acids is 1. The van der Waals surface area contributed by atoms with Crippen LogP contribution in [0.25, 0.3) is 6.08 Å². The predicted octanol–water partition coefficient (Wildman–Crippen LogP) is 3.65. The van der Waals surface area contributed by atoms with Gasteiger partial charge in [-0.2, -0.15) is 0 Å². The van der Waals surface area contributed by atoms with Gasteiger partial charge in [0.15, 0.2) is 5.70 Å². The first kappa shape index (κ1) is 16.5. The monoisotopic (exact) mass is 435 g/mol. The van der Waals surface area contributed by atoms with Crippen LogP contribution in [0, 0.1) is 3.57 Å². The number of hydrogen-bond donors (Lipinski definition) is 0. The highest BCUT2D eigenvalue weighted by Crippen LogP contribution is 2.28. The number of aliphatic imine (C=N–C) groups is 1.